The van der Waals surface area contributed by atoms with Crippen LogP contribution in [0.2, 0.25) is 0 Å². The number of aromatic nitrogens is 2. The third-order valence-electron chi connectivity index (χ3n) is 4.59. The summed E-state index contributed by atoms with van der Waals surface area (Å²) in [5, 5.41) is 15.4. The van der Waals surface area contributed by atoms with E-state index in [2.05, 4.69) is 5.29 Å². The maximum absolute atomic E-state index is 13.1. The maximum Gasteiger partial charge on any atom is 0.214 e. The largest absolute Gasteiger partial charge is 0.618 e. The number of aryl methyl sites for hydroxylation is 1. The Balaban J connectivity index is 2.16. The summed E-state index contributed by atoms with van der Waals surface area (Å²) in [6.45, 7) is 3.31. The predicted molar refractivity (Wildman–Crippen MR) is 102 cm³/mol. The highest BCUT2D eigenvalue weighted by molar-refractivity contribution is 7.90. The molecule has 28 heavy (non-hydrogen) atoms. The summed E-state index contributed by atoms with van der Waals surface area (Å²) in [4.78, 5) is 11.4. The number of ether oxygens (including phenoxy) is 2. The van der Waals surface area contributed by atoms with Crippen LogP contribution < -0.4 is 14.2 Å². The SMILES string of the molecule is COc1ccc2c(c1)cc(S(=O)(=O)Cc1c(C)c(OC)c(C)c[n+]1[O-])n2N=O. The molecule has 0 unspecified atom stereocenters. The number of fused-ring (bicyclic) bond motifs is 1. The number of nitroso groups, excluding NO2 is 1. The molecule has 10 heteroatoms. The topological polar surface area (TPSA) is 114 Å². The number of pyridine rings is 1. The summed E-state index contributed by atoms with van der Waals surface area (Å²) >= 11 is 0. The number of nitrogens with zero attached hydrogens (tertiary/aromatic N) is 3. The summed E-state index contributed by atoms with van der Waals surface area (Å²) in [5.41, 5.74) is 1.35. The number of hydrogen-bond donors (Lipinski definition) is 0. The second-order valence-corrected chi connectivity index (χ2v) is 8.24. The van der Waals surface area contributed by atoms with Gasteiger partial charge in [0.15, 0.2) is 11.2 Å². The van der Waals surface area contributed by atoms with E-state index in [9.17, 15) is 18.5 Å². The van der Waals surface area contributed by atoms with Crippen LogP contribution in [0.3, 0.4) is 0 Å². The van der Waals surface area contributed by atoms with Crippen LogP contribution in [0.4, 0.5) is 0 Å². The zero-order chi connectivity index (χ0) is 20.6. The Morgan fingerprint density at radius 2 is 1.89 bits per heavy atom. The van der Waals surface area contributed by atoms with Gasteiger partial charge in [0.05, 0.1) is 36.1 Å². The number of sulfone groups is 1. The van der Waals surface area contributed by atoms with Gasteiger partial charge in [0, 0.05) is 5.39 Å². The molecule has 0 N–H and O–H groups in total. The van der Waals surface area contributed by atoms with Crippen molar-refractivity contribution in [3.8, 4) is 11.5 Å². The fourth-order valence-electron chi connectivity index (χ4n) is 3.23. The molecule has 3 rings (SSSR count). The van der Waals surface area contributed by atoms with Gasteiger partial charge in [-0.15, -0.1) is 4.91 Å². The molecule has 3 aromatic rings. The summed E-state index contributed by atoms with van der Waals surface area (Å²) in [6.07, 6.45) is 1.26. The maximum atomic E-state index is 13.1. The Bertz CT molecular complexity index is 1180. The van der Waals surface area contributed by atoms with E-state index in [1.54, 1.807) is 32.0 Å². The van der Waals surface area contributed by atoms with Gasteiger partial charge in [0.2, 0.25) is 15.5 Å². The molecule has 0 saturated heterocycles. The van der Waals surface area contributed by atoms with Crippen molar-refractivity contribution in [2.75, 3.05) is 14.2 Å². The molecule has 0 aliphatic heterocycles. The monoisotopic (exact) mass is 405 g/mol. The zero-order valence-electron chi connectivity index (χ0n) is 15.8. The Morgan fingerprint density at radius 3 is 2.50 bits per heavy atom. The highest BCUT2D eigenvalue weighted by atomic mass is 32.2. The van der Waals surface area contributed by atoms with Crippen LogP contribution >= 0.6 is 0 Å². The third kappa shape index (κ3) is 3.15. The van der Waals surface area contributed by atoms with Crippen molar-refractivity contribution in [2.24, 2.45) is 5.29 Å². The number of rotatable bonds is 6. The lowest BCUT2D eigenvalue weighted by Gasteiger charge is -2.13. The average molecular weight is 405 g/mol. The molecule has 0 fully saturated rings. The molecular weight excluding hydrogens is 386 g/mol. The minimum Gasteiger partial charge on any atom is -0.618 e. The van der Waals surface area contributed by atoms with E-state index < -0.39 is 15.6 Å². The van der Waals surface area contributed by atoms with Crippen LogP contribution in [0.15, 0.2) is 40.8 Å². The quantitative estimate of drug-likeness (QED) is 0.353. The Kier molecular flexibility index (Phi) is 4.99. The van der Waals surface area contributed by atoms with Crippen molar-refractivity contribution in [2.45, 2.75) is 24.6 Å². The van der Waals surface area contributed by atoms with Gasteiger partial charge in [-0.05, 0) is 38.1 Å². The first-order valence-electron chi connectivity index (χ1n) is 8.25. The molecule has 148 valence electrons. The first-order valence-corrected chi connectivity index (χ1v) is 9.90. The second kappa shape index (κ2) is 7.12. The van der Waals surface area contributed by atoms with Crippen molar-refractivity contribution in [3.05, 3.63) is 57.4 Å². The lowest BCUT2D eigenvalue weighted by atomic mass is 10.1. The minimum absolute atomic E-state index is 0.0164. The fourth-order valence-corrected chi connectivity index (χ4v) is 4.78. The first kappa shape index (κ1) is 19.6. The van der Waals surface area contributed by atoms with Crippen LogP contribution in [-0.2, 0) is 15.6 Å². The van der Waals surface area contributed by atoms with Gasteiger partial charge in [-0.25, -0.2) is 8.42 Å². The van der Waals surface area contributed by atoms with E-state index in [1.807, 2.05) is 0 Å². The van der Waals surface area contributed by atoms with E-state index >= 15 is 0 Å². The van der Waals surface area contributed by atoms with Crippen molar-refractivity contribution in [1.82, 2.24) is 4.68 Å². The number of hydrogen-bond acceptors (Lipinski definition) is 7. The summed E-state index contributed by atoms with van der Waals surface area (Å²) < 4.78 is 37.8. The van der Waals surface area contributed by atoms with Crippen molar-refractivity contribution in [1.29, 1.82) is 0 Å². The number of methoxy groups -OCH3 is 2. The normalized spacial score (nSPS) is 11.6. The first-order chi connectivity index (χ1) is 13.2. The predicted octanol–water partition coefficient (Wildman–Crippen LogP) is 2.41. The molecule has 0 aliphatic carbocycles. The fraction of sp³-hybridized carbons (Fsp3) is 0.278. The van der Waals surface area contributed by atoms with Crippen molar-refractivity contribution >= 4 is 20.7 Å². The van der Waals surface area contributed by atoms with Gasteiger partial charge in [0.25, 0.3) is 0 Å². The van der Waals surface area contributed by atoms with Crippen LogP contribution in [0, 0.1) is 24.0 Å². The van der Waals surface area contributed by atoms with E-state index in [-0.39, 0.29) is 10.7 Å². The molecule has 0 bridgehead atoms. The molecule has 0 amide bonds. The zero-order valence-corrected chi connectivity index (χ0v) is 16.6. The Morgan fingerprint density at radius 1 is 1.18 bits per heavy atom. The van der Waals surface area contributed by atoms with E-state index in [0.717, 1.165) is 4.68 Å². The molecule has 1 aromatic carbocycles. The van der Waals surface area contributed by atoms with Gasteiger partial charge in [-0.1, -0.05) is 0 Å². The van der Waals surface area contributed by atoms with Crippen LogP contribution in [-0.4, -0.2) is 27.3 Å². The van der Waals surface area contributed by atoms with E-state index in [4.69, 9.17) is 9.47 Å². The minimum atomic E-state index is -4.07. The standard InChI is InChI=1S/C18H19N3O6S/c1-11-9-20(23)16(12(2)18(11)27-4)10-28(24,25)17-8-13-7-14(26-3)5-6-15(13)21(17)19-22/h5-9H,10H2,1-4H3. The molecular formula is C18H19N3O6S. The lowest BCUT2D eigenvalue weighted by Crippen LogP contribution is -2.35. The van der Waals surface area contributed by atoms with E-state index in [1.165, 1.54) is 26.5 Å². The molecule has 0 spiro atoms. The van der Waals surface area contributed by atoms with Crippen molar-refractivity contribution < 1.29 is 22.6 Å². The van der Waals surface area contributed by atoms with Gasteiger partial charge < -0.3 is 14.7 Å². The smallest absolute Gasteiger partial charge is 0.214 e. The molecule has 0 aliphatic rings. The summed E-state index contributed by atoms with van der Waals surface area (Å²) in [6, 6.07) is 6.08. The molecule has 0 atom stereocenters. The van der Waals surface area contributed by atoms with E-state index in [0.29, 0.717) is 38.3 Å². The third-order valence-corrected chi connectivity index (χ3v) is 6.17. The molecule has 2 aromatic heterocycles. The Labute approximate surface area is 161 Å². The Hall–Kier alpha value is -3.14. The lowest BCUT2D eigenvalue weighted by molar-refractivity contribution is -0.613. The summed E-state index contributed by atoms with van der Waals surface area (Å²) in [7, 11) is -1.14. The highest BCUT2D eigenvalue weighted by Gasteiger charge is 2.29. The summed E-state index contributed by atoms with van der Waals surface area (Å²) in [5.74, 6) is 0.342. The van der Waals surface area contributed by atoms with Crippen molar-refractivity contribution in [3.63, 3.8) is 0 Å². The van der Waals surface area contributed by atoms with Gasteiger partial charge in [-0.3, -0.25) is 0 Å². The average Bonchev–Trinajstić information content (AvgIpc) is 3.04. The van der Waals surface area contributed by atoms with Crippen LogP contribution in [0.1, 0.15) is 16.8 Å². The van der Waals surface area contributed by atoms with Crippen LogP contribution in [0.5, 0.6) is 11.5 Å². The van der Waals surface area contributed by atoms with Gasteiger partial charge in [0.1, 0.15) is 17.3 Å². The van der Waals surface area contributed by atoms with Gasteiger partial charge >= 0.3 is 0 Å². The molecule has 0 saturated carbocycles. The number of benzene rings is 1. The van der Waals surface area contributed by atoms with Gasteiger partial charge in [-0.2, -0.15) is 9.41 Å². The molecule has 0 radical (unpaired) electrons. The second-order valence-electron chi connectivity index (χ2n) is 6.30. The highest BCUT2D eigenvalue weighted by Crippen LogP contribution is 2.30. The van der Waals surface area contributed by atoms with Crippen LogP contribution in [0.25, 0.3) is 10.9 Å². The molecule has 2 heterocycles. The molecule has 9 nitrogen and oxygen atoms in total.